The van der Waals surface area contributed by atoms with Crippen molar-refractivity contribution in [1.29, 1.82) is 0 Å². The Hall–Kier alpha value is -1.96. The Balaban J connectivity index is 2.32. The van der Waals surface area contributed by atoms with Crippen LogP contribution in [-0.4, -0.2) is 16.8 Å². The number of halogens is 2. The van der Waals surface area contributed by atoms with E-state index >= 15 is 0 Å². The molecule has 0 aromatic heterocycles. The fraction of sp³-hybridized carbons (Fsp3) is 0.0667. The summed E-state index contributed by atoms with van der Waals surface area (Å²) in [6, 6.07) is 11.0. The standard InChI is InChI=1S/C15H12FIN2O2/c1-9(19-21)11-4-2-3-5-14(11)18-15(20)12-7-6-10(16)8-13(12)17/h2-8,21H,1H3,(H,18,20)/b19-9-. The van der Waals surface area contributed by atoms with Crippen LogP contribution in [0.5, 0.6) is 0 Å². The number of benzene rings is 2. The minimum absolute atomic E-state index is 0.349. The molecule has 0 fully saturated rings. The van der Waals surface area contributed by atoms with Crippen LogP contribution in [0.15, 0.2) is 47.6 Å². The van der Waals surface area contributed by atoms with E-state index in [0.717, 1.165) is 0 Å². The van der Waals surface area contributed by atoms with Crippen molar-refractivity contribution < 1.29 is 14.4 Å². The molecule has 0 bridgehead atoms. The SMILES string of the molecule is C/C(=N/O)c1ccccc1NC(=O)c1ccc(F)cc1I. The largest absolute Gasteiger partial charge is 0.411 e. The number of carbonyl (C=O) groups excluding carboxylic acids is 1. The molecule has 4 nitrogen and oxygen atoms in total. The molecule has 2 N–H and O–H groups in total. The summed E-state index contributed by atoms with van der Waals surface area (Å²) >= 11 is 1.91. The second-order valence-corrected chi connectivity index (χ2v) is 5.47. The van der Waals surface area contributed by atoms with Crippen molar-refractivity contribution in [3.8, 4) is 0 Å². The fourth-order valence-electron chi connectivity index (χ4n) is 1.82. The van der Waals surface area contributed by atoms with Gasteiger partial charge in [0, 0.05) is 9.13 Å². The highest BCUT2D eigenvalue weighted by Gasteiger charge is 2.13. The maximum atomic E-state index is 13.1. The summed E-state index contributed by atoms with van der Waals surface area (Å²) in [6.45, 7) is 1.63. The molecule has 2 aromatic rings. The number of anilines is 1. The zero-order valence-corrected chi connectivity index (χ0v) is 13.3. The number of hydrogen-bond donors (Lipinski definition) is 2. The second-order valence-electron chi connectivity index (χ2n) is 4.31. The minimum atomic E-state index is -0.389. The number of amides is 1. The van der Waals surface area contributed by atoms with Crippen molar-refractivity contribution in [3.05, 3.63) is 63.0 Å². The predicted octanol–water partition coefficient (Wildman–Crippen LogP) is 3.88. The molecule has 1 amide bonds. The van der Waals surface area contributed by atoms with Crippen LogP contribution < -0.4 is 5.32 Å². The van der Waals surface area contributed by atoms with Gasteiger partial charge in [0.25, 0.3) is 5.91 Å². The third-order valence-corrected chi connectivity index (χ3v) is 3.78. The van der Waals surface area contributed by atoms with Crippen LogP contribution in [0.1, 0.15) is 22.8 Å². The Labute approximate surface area is 134 Å². The molecule has 0 unspecified atom stereocenters. The van der Waals surface area contributed by atoms with E-state index in [1.807, 2.05) is 22.6 Å². The molecule has 0 spiro atoms. The number of para-hydroxylation sites is 1. The van der Waals surface area contributed by atoms with Crippen molar-refractivity contribution in [2.45, 2.75) is 6.92 Å². The van der Waals surface area contributed by atoms with Crippen LogP contribution in [0.4, 0.5) is 10.1 Å². The van der Waals surface area contributed by atoms with Gasteiger partial charge in [-0.2, -0.15) is 0 Å². The van der Waals surface area contributed by atoms with Gasteiger partial charge < -0.3 is 10.5 Å². The maximum Gasteiger partial charge on any atom is 0.256 e. The Morgan fingerprint density at radius 1 is 1.24 bits per heavy atom. The molecule has 0 aliphatic rings. The van der Waals surface area contributed by atoms with Gasteiger partial charge in [-0.15, -0.1) is 0 Å². The first-order chi connectivity index (χ1) is 10.0. The van der Waals surface area contributed by atoms with E-state index in [1.54, 1.807) is 31.2 Å². The number of carbonyl (C=O) groups is 1. The summed E-state index contributed by atoms with van der Waals surface area (Å²) in [5, 5.41) is 14.8. The number of hydrogen-bond acceptors (Lipinski definition) is 3. The van der Waals surface area contributed by atoms with Gasteiger partial charge in [-0.05, 0) is 53.8 Å². The molecule has 0 saturated heterocycles. The molecule has 0 radical (unpaired) electrons. The Bertz CT molecular complexity index is 717. The van der Waals surface area contributed by atoms with Gasteiger partial charge in [0.05, 0.1) is 17.0 Å². The van der Waals surface area contributed by atoms with E-state index in [-0.39, 0.29) is 11.7 Å². The van der Waals surface area contributed by atoms with Crippen LogP contribution in [0, 0.1) is 9.39 Å². The van der Waals surface area contributed by atoms with E-state index in [1.165, 1.54) is 18.2 Å². The molecule has 0 aliphatic carbocycles. The molecule has 0 saturated carbocycles. The summed E-state index contributed by atoms with van der Waals surface area (Å²) in [4.78, 5) is 12.3. The van der Waals surface area contributed by atoms with Gasteiger partial charge in [-0.25, -0.2) is 4.39 Å². The van der Waals surface area contributed by atoms with Crippen molar-refractivity contribution in [3.63, 3.8) is 0 Å². The summed E-state index contributed by atoms with van der Waals surface area (Å²) in [5.41, 5.74) is 1.91. The van der Waals surface area contributed by atoms with Crippen LogP contribution in [0.3, 0.4) is 0 Å². The monoisotopic (exact) mass is 398 g/mol. The molecule has 6 heteroatoms. The van der Waals surface area contributed by atoms with Crippen LogP contribution in [0.25, 0.3) is 0 Å². The summed E-state index contributed by atoms with van der Waals surface area (Å²) in [7, 11) is 0. The van der Waals surface area contributed by atoms with Gasteiger partial charge >= 0.3 is 0 Å². The molecular formula is C15H12FIN2O2. The highest BCUT2D eigenvalue weighted by atomic mass is 127. The third-order valence-electron chi connectivity index (χ3n) is 2.89. The third kappa shape index (κ3) is 3.57. The van der Waals surface area contributed by atoms with E-state index in [4.69, 9.17) is 5.21 Å². The first-order valence-corrected chi connectivity index (χ1v) is 7.15. The molecule has 2 rings (SSSR count). The number of rotatable bonds is 3. The van der Waals surface area contributed by atoms with E-state index in [0.29, 0.717) is 26.1 Å². The number of nitrogens with one attached hydrogen (secondary N) is 1. The average molecular weight is 398 g/mol. The first-order valence-electron chi connectivity index (χ1n) is 6.07. The highest BCUT2D eigenvalue weighted by Crippen LogP contribution is 2.19. The van der Waals surface area contributed by atoms with Gasteiger partial charge in [0.1, 0.15) is 5.82 Å². The highest BCUT2D eigenvalue weighted by molar-refractivity contribution is 14.1. The van der Waals surface area contributed by atoms with Crippen LogP contribution >= 0.6 is 22.6 Å². The predicted molar refractivity (Wildman–Crippen MR) is 87.5 cm³/mol. The van der Waals surface area contributed by atoms with Gasteiger partial charge in [-0.1, -0.05) is 23.4 Å². The van der Waals surface area contributed by atoms with Crippen molar-refractivity contribution in [1.82, 2.24) is 0 Å². The lowest BCUT2D eigenvalue weighted by atomic mass is 10.1. The molecule has 108 valence electrons. The molecule has 0 aliphatic heterocycles. The lowest BCUT2D eigenvalue weighted by Gasteiger charge is -2.11. The van der Waals surface area contributed by atoms with Crippen molar-refractivity contribution in [2.75, 3.05) is 5.32 Å². The topological polar surface area (TPSA) is 61.7 Å². The fourth-order valence-corrected chi connectivity index (χ4v) is 2.55. The van der Waals surface area contributed by atoms with E-state index in [9.17, 15) is 9.18 Å². The zero-order chi connectivity index (χ0) is 15.4. The van der Waals surface area contributed by atoms with Crippen molar-refractivity contribution >= 4 is 39.9 Å². The summed E-state index contributed by atoms with van der Waals surface area (Å²) in [5.74, 6) is -0.739. The molecule has 21 heavy (non-hydrogen) atoms. The maximum absolute atomic E-state index is 13.1. The van der Waals surface area contributed by atoms with Gasteiger partial charge in [0.2, 0.25) is 0 Å². The zero-order valence-electron chi connectivity index (χ0n) is 11.1. The quantitative estimate of drug-likeness (QED) is 0.357. The number of nitrogens with zero attached hydrogens (tertiary/aromatic N) is 1. The molecule has 2 aromatic carbocycles. The van der Waals surface area contributed by atoms with Crippen molar-refractivity contribution in [2.24, 2.45) is 5.16 Å². The first kappa shape index (κ1) is 15.4. The van der Waals surface area contributed by atoms with Gasteiger partial charge in [-0.3, -0.25) is 4.79 Å². The lowest BCUT2D eigenvalue weighted by Crippen LogP contribution is -2.15. The number of oxime groups is 1. The normalized spacial score (nSPS) is 11.3. The minimum Gasteiger partial charge on any atom is -0.411 e. The molecular weight excluding hydrogens is 386 g/mol. The van der Waals surface area contributed by atoms with E-state index < -0.39 is 0 Å². The Morgan fingerprint density at radius 3 is 2.62 bits per heavy atom. The second kappa shape index (κ2) is 6.66. The lowest BCUT2D eigenvalue weighted by molar-refractivity contribution is 0.102. The summed E-state index contributed by atoms with van der Waals surface area (Å²) in [6.07, 6.45) is 0. The molecule has 0 heterocycles. The van der Waals surface area contributed by atoms with Gasteiger partial charge in [0.15, 0.2) is 0 Å². The Morgan fingerprint density at radius 2 is 1.95 bits per heavy atom. The Kier molecular flexibility index (Phi) is 4.89. The van der Waals surface area contributed by atoms with E-state index in [2.05, 4.69) is 10.5 Å². The van der Waals surface area contributed by atoms with Crippen LogP contribution in [0.2, 0.25) is 0 Å². The molecule has 0 atom stereocenters. The smallest absolute Gasteiger partial charge is 0.256 e. The summed E-state index contributed by atoms with van der Waals surface area (Å²) < 4.78 is 13.6. The average Bonchev–Trinajstić information content (AvgIpc) is 2.46. The van der Waals surface area contributed by atoms with Crippen LogP contribution in [-0.2, 0) is 0 Å².